The first-order valence-corrected chi connectivity index (χ1v) is 10.2. The Kier molecular flexibility index (Phi) is 5.72. The average molecular weight is 393 g/mol. The summed E-state index contributed by atoms with van der Waals surface area (Å²) in [4.78, 5) is 14.0. The Morgan fingerprint density at radius 1 is 1.29 bits per heavy atom. The first-order valence-electron chi connectivity index (χ1n) is 7.76. The minimum absolute atomic E-state index is 0.0281. The first kappa shape index (κ1) is 19.3. The molecule has 8 heteroatoms. The molecule has 24 heavy (non-hydrogen) atoms. The van der Waals surface area contributed by atoms with Crippen molar-refractivity contribution in [2.45, 2.75) is 38.0 Å². The number of carbonyl (C=O) groups excluding carboxylic acids is 1. The van der Waals surface area contributed by atoms with Crippen molar-refractivity contribution in [1.82, 2.24) is 10.2 Å². The summed E-state index contributed by atoms with van der Waals surface area (Å²) in [5.41, 5.74) is 0.722. The Morgan fingerprint density at radius 2 is 1.96 bits per heavy atom. The lowest BCUT2D eigenvalue weighted by molar-refractivity contribution is 0.197. The molecular weight excluding hydrogens is 371 g/mol. The third-order valence-electron chi connectivity index (χ3n) is 4.51. The van der Waals surface area contributed by atoms with Gasteiger partial charge >= 0.3 is 6.03 Å². The molecule has 0 saturated carbocycles. The number of nitrogens with zero attached hydrogens (tertiary/aromatic N) is 1. The molecule has 0 unspecified atom stereocenters. The third-order valence-corrected chi connectivity index (χ3v) is 7.69. The Hall–Kier alpha value is -0.980. The van der Waals surface area contributed by atoms with Gasteiger partial charge in [-0.1, -0.05) is 23.2 Å². The quantitative estimate of drug-likeness (QED) is 0.834. The summed E-state index contributed by atoms with van der Waals surface area (Å²) >= 11 is 12.1. The monoisotopic (exact) mass is 392 g/mol. The van der Waals surface area contributed by atoms with Crippen LogP contribution in [0.2, 0.25) is 10.0 Å². The molecule has 1 heterocycles. The van der Waals surface area contributed by atoms with Crippen LogP contribution in [0, 0.1) is 0 Å². The zero-order valence-corrected chi connectivity index (χ0v) is 16.3. The van der Waals surface area contributed by atoms with Crippen LogP contribution in [0.1, 0.15) is 38.8 Å². The van der Waals surface area contributed by atoms with E-state index in [9.17, 15) is 13.2 Å². The van der Waals surface area contributed by atoms with E-state index in [0.29, 0.717) is 23.0 Å². The van der Waals surface area contributed by atoms with Crippen molar-refractivity contribution >= 4 is 39.1 Å². The van der Waals surface area contributed by atoms with Gasteiger partial charge in [0.25, 0.3) is 0 Å². The molecule has 1 aromatic carbocycles. The van der Waals surface area contributed by atoms with E-state index in [1.165, 1.54) is 0 Å². The molecule has 134 valence electrons. The number of sulfone groups is 1. The van der Waals surface area contributed by atoms with Crippen LogP contribution in [-0.4, -0.2) is 42.9 Å². The highest BCUT2D eigenvalue weighted by atomic mass is 35.5. The van der Waals surface area contributed by atoms with Gasteiger partial charge in [-0.3, -0.25) is 0 Å². The molecule has 0 radical (unpaired) electrons. The SMILES string of the molecule is C[C@@H](NC(=O)N1CCC(C)(C)S(=O)(=O)CC1)c1cc(Cl)ccc1Cl. The number of amides is 2. The Morgan fingerprint density at radius 3 is 2.62 bits per heavy atom. The number of hydrogen-bond acceptors (Lipinski definition) is 3. The van der Waals surface area contributed by atoms with Gasteiger partial charge < -0.3 is 10.2 Å². The van der Waals surface area contributed by atoms with Crippen molar-refractivity contribution in [3.63, 3.8) is 0 Å². The number of halogens is 2. The largest absolute Gasteiger partial charge is 0.331 e. The summed E-state index contributed by atoms with van der Waals surface area (Å²) in [6.07, 6.45) is 0.412. The van der Waals surface area contributed by atoms with E-state index in [2.05, 4.69) is 5.32 Å². The molecule has 0 spiro atoms. The molecule has 2 amide bonds. The van der Waals surface area contributed by atoms with Crippen LogP contribution in [0.4, 0.5) is 4.79 Å². The second kappa shape index (κ2) is 7.10. The third kappa shape index (κ3) is 4.16. The highest BCUT2D eigenvalue weighted by Gasteiger charge is 2.38. The topological polar surface area (TPSA) is 66.5 Å². The van der Waals surface area contributed by atoms with E-state index in [-0.39, 0.29) is 24.4 Å². The predicted molar refractivity (Wildman–Crippen MR) is 97.5 cm³/mol. The average Bonchev–Trinajstić information content (AvgIpc) is 2.58. The Labute approximate surface area is 153 Å². The lowest BCUT2D eigenvalue weighted by Gasteiger charge is -2.25. The van der Waals surface area contributed by atoms with Gasteiger partial charge in [-0.15, -0.1) is 0 Å². The van der Waals surface area contributed by atoms with Gasteiger partial charge in [-0.2, -0.15) is 0 Å². The molecule has 1 aliphatic rings. The van der Waals surface area contributed by atoms with Gasteiger partial charge in [0.05, 0.1) is 16.5 Å². The molecule has 5 nitrogen and oxygen atoms in total. The summed E-state index contributed by atoms with van der Waals surface area (Å²) in [6, 6.07) is 4.44. The fraction of sp³-hybridized carbons (Fsp3) is 0.562. The van der Waals surface area contributed by atoms with Crippen LogP contribution >= 0.6 is 23.2 Å². The van der Waals surface area contributed by atoms with E-state index in [0.717, 1.165) is 5.56 Å². The van der Waals surface area contributed by atoms with Gasteiger partial charge in [-0.25, -0.2) is 13.2 Å². The maximum atomic E-state index is 12.5. The summed E-state index contributed by atoms with van der Waals surface area (Å²) in [5, 5.41) is 3.93. The predicted octanol–water partition coefficient (Wildman–Crippen LogP) is 3.66. The standard InChI is InChI=1S/C16H22Cl2N2O3S/c1-11(13-10-12(17)4-5-14(13)18)19-15(21)20-7-6-16(2,3)24(22,23)9-8-20/h4-5,10-11H,6-9H2,1-3H3,(H,19,21)/t11-/m1/s1. The summed E-state index contributed by atoms with van der Waals surface area (Å²) in [7, 11) is -3.22. The number of rotatable bonds is 2. The van der Waals surface area contributed by atoms with E-state index in [4.69, 9.17) is 23.2 Å². The maximum absolute atomic E-state index is 12.5. The molecule has 1 aliphatic heterocycles. The van der Waals surface area contributed by atoms with Crippen LogP contribution in [0.3, 0.4) is 0 Å². The van der Waals surface area contributed by atoms with Gasteiger partial charge in [0.15, 0.2) is 9.84 Å². The second-order valence-corrected chi connectivity index (χ2v) is 10.2. The van der Waals surface area contributed by atoms with Crippen molar-refractivity contribution in [3.8, 4) is 0 Å². The second-order valence-electron chi connectivity index (χ2n) is 6.65. The molecular formula is C16H22Cl2N2O3S. The normalized spacial score (nSPS) is 21.0. The Balaban J connectivity index is 2.08. The summed E-state index contributed by atoms with van der Waals surface area (Å²) in [5.74, 6) is -0.0281. The molecule has 0 aromatic heterocycles. The molecule has 1 fully saturated rings. The van der Waals surface area contributed by atoms with Gasteiger partial charge in [0, 0.05) is 23.1 Å². The van der Waals surface area contributed by atoms with E-state index in [1.54, 1.807) is 36.9 Å². The van der Waals surface area contributed by atoms with Crippen molar-refractivity contribution in [2.24, 2.45) is 0 Å². The number of nitrogens with one attached hydrogen (secondary N) is 1. The lowest BCUT2D eigenvalue weighted by atomic mass is 10.1. The minimum atomic E-state index is -3.22. The highest BCUT2D eigenvalue weighted by Crippen LogP contribution is 2.27. The number of benzene rings is 1. The number of carbonyl (C=O) groups is 1. The molecule has 2 rings (SSSR count). The Bertz CT molecular complexity index is 735. The van der Waals surface area contributed by atoms with Gasteiger partial charge in [-0.05, 0) is 51.0 Å². The summed E-state index contributed by atoms with van der Waals surface area (Å²) in [6.45, 7) is 5.81. The van der Waals surface area contributed by atoms with Gasteiger partial charge in [0.1, 0.15) is 0 Å². The van der Waals surface area contributed by atoms with Crippen molar-refractivity contribution in [3.05, 3.63) is 33.8 Å². The van der Waals surface area contributed by atoms with Crippen LogP contribution in [-0.2, 0) is 9.84 Å². The first-order chi connectivity index (χ1) is 11.0. The fourth-order valence-corrected chi connectivity index (χ4v) is 4.46. The lowest BCUT2D eigenvalue weighted by Crippen LogP contribution is -2.42. The summed E-state index contributed by atoms with van der Waals surface area (Å²) < 4.78 is 23.6. The van der Waals surface area contributed by atoms with Crippen LogP contribution in [0.25, 0.3) is 0 Å². The minimum Gasteiger partial charge on any atom is -0.331 e. The zero-order valence-electron chi connectivity index (χ0n) is 14.0. The van der Waals surface area contributed by atoms with Gasteiger partial charge in [0.2, 0.25) is 0 Å². The molecule has 0 aliphatic carbocycles. The van der Waals surface area contributed by atoms with E-state index >= 15 is 0 Å². The smallest absolute Gasteiger partial charge is 0.317 e. The van der Waals surface area contributed by atoms with E-state index in [1.807, 2.05) is 6.92 Å². The zero-order chi connectivity index (χ0) is 18.1. The maximum Gasteiger partial charge on any atom is 0.317 e. The van der Waals surface area contributed by atoms with Crippen molar-refractivity contribution in [1.29, 1.82) is 0 Å². The molecule has 0 bridgehead atoms. The fourth-order valence-electron chi connectivity index (χ4n) is 2.58. The molecule has 1 N–H and O–H groups in total. The van der Waals surface area contributed by atoms with Crippen LogP contribution in [0.15, 0.2) is 18.2 Å². The van der Waals surface area contributed by atoms with Crippen LogP contribution < -0.4 is 5.32 Å². The number of urea groups is 1. The van der Waals surface area contributed by atoms with Crippen molar-refractivity contribution < 1.29 is 13.2 Å². The molecule has 1 aromatic rings. The van der Waals surface area contributed by atoms with Crippen LogP contribution in [0.5, 0.6) is 0 Å². The van der Waals surface area contributed by atoms with E-state index < -0.39 is 14.6 Å². The van der Waals surface area contributed by atoms with Crippen molar-refractivity contribution in [2.75, 3.05) is 18.8 Å². The number of hydrogen-bond donors (Lipinski definition) is 1. The highest BCUT2D eigenvalue weighted by molar-refractivity contribution is 7.92. The molecule has 1 saturated heterocycles. The molecule has 1 atom stereocenters.